The lowest BCUT2D eigenvalue weighted by molar-refractivity contribution is 0.353. The highest BCUT2D eigenvalue weighted by Gasteiger charge is 2.15. The van der Waals surface area contributed by atoms with Crippen molar-refractivity contribution in [3.8, 4) is 0 Å². The molecule has 0 atom stereocenters. The Morgan fingerprint density at radius 2 is 2.21 bits per heavy atom. The summed E-state index contributed by atoms with van der Waals surface area (Å²) in [4.78, 5) is 4.25. The highest BCUT2D eigenvalue weighted by Crippen LogP contribution is 2.17. The molecule has 2 rings (SSSR count). The zero-order chi connectivity index (χ0) is 9.80. The van der Waals surface area contributed by atoms with E-state index >= 15 is 0 Å². The third kappa shape index (κ3) is 2.32. The minimum absolute atomic E-state index is 0.659. The van der Waals surface area contributed by atoms with Gasteiger partial charge in [-0.15, -0.1) is 0 Å². The second-order valence-corrected chi connectivity index (χ2v) is 3.82. The van der Waals surface area contributed by atoms with Gasteiger partial charge in [-0.25, -0.2) is 0 Å². The predicted octanol–water partition coefficient (Wildman–Crippen LogP) is 1.66. The van der Waals surface area contributed by atoms with E-state index in [1.807, 2.05) is 6.92 Å². The summed E-state index contributed by atoms with van der Waals surface area (Å²) in [6, 6.07) is 0.659. The predicted molar refractivity (Wildman–Crippen MR) is 52.8 cm³/mol. The van der Waals surface area contributed by atoms with Gasteiger partial charge in [-0.2, -0.15) is 4.98 Å². The second kappa shape index (κ2) is 4.55. The first-order valence-electron chi connectivity index (χ1n) is 5.43. The highest BCUT2D eigenvalue weighted by atomic mass is 16.5. The van der Waals surface area contributed by atoms with E-state index in [4.69, 9.17) is 4.52 Å². The molecule has 1 fully saturated rings. The SMILES string of the molecule is CCc1noc(CNC2CCCC2)n1. The van der Waals surface area contributed by atoms with E-state index in [-0.39, 0.29) is 0 Å². The molecule has 0 unspecified atom stereocenters. The Kier molecular flexibility index (Phi) is 3.14. The number of hydrogen-bond acceptors (Lipinski definition) is 4. The Hall–Kier alpha value is -0.900. The molecule has 1 heterocycles. The molecular formula is C10H17N3O. The maximum absolute atomic E-state index is 5.09. The number of rotatable bonds is 4. The van der Waals surface area contributed by atoms with Crippen molar-refractivity contribution in [1.29, 1.82) is 0 Å². The lowest BCUT2D eigenvalue weighted by Crippen LogP contribution is -2.25. The van der Waals surface area contributed by atoms with Gasteiger partial charge < -0.3 is 9.84 Å². The molecular weight excluding hydrogens is 178 g/mol. The van der Waals surface area contributed by atoms with Crippen LogP contribution in [0.4, 0.5) is 0 Å². The van der Waals surface area contributed by atoms with Crippen molar-refractivity contribution in [2.45, 2.75) is 51.6 Å². The molecule has 0 saturated heterocycles. The molecule has 1 aliphatic rings. The van der Waals surface area contributed by atoms with Crippen molar-refractivity contribution in [1.82, 2.24) is 15.5 Å². The number of nitrogens with one attached hydrogen (secondary N) is 1. The van der Waals surface area contributed by atoms with Gasteiger partial charge in [0.15, 0.2) is 5.82 Å². The fraction of sp³-hybridized carbons (Fsp3) is 0.800. The van der Waals surface area contributed by atoms with Gasteiger partial charge in [0.25, 0.3) is 0 Å². The zero-order valence-electron chi connectivity index (χ0n) is 8.62. The average Bonchev–Trinajstić information content (AvgIpc) is 2.86. The Balaban J connectivity index is 1.79. The molecule has 1 saturated carbocycles. The van der Waals surface area contributed by atoms with Crippen LogP contribution in [0.15, 0.2) is 4.52 Å². The smallest absolute Gasteiger partial charge is 0.240 e. The van der Waals surface area contributed by atoms with Crippen LogP contribution in [0, 0.1) is 0 Å². The summed E-state index contributed by atoms with van der Waals surface area (Å²) in [6.45, 7) is 2.75. The zero-order valence-corrected chi connectivity index (χ0v) is 8.62. The van der Waals surface area contributed by atoms with Crippen LogP contribution in [0.25, 0.3) is 0 Å². The first-order valence-corrected chi connectivity index (χ1v) is 5.43. The van der Waals surface area contributed by atoms with Gasteiger partial charge in [0.05, 0.1) is 6.54 Å². The van der Waals surface area contributed by atoms with Crippen molar-refractivity contribution in [3.05, 3.63) is 11.7 Å². The van der Waals surface area contributed by atoms with Gasteiger partial charge in [-0.3, -0.25) is 0 Å². The van der Waals surface area contributed by atoms with Gasteiger partial charge in [0, 0.05) is 12.5 Å². The van der Waals surface area contributed by atoms with Crippen LogP contribution in [0.2, 0.25) is 0 Å². The Labute approximate surface area is 84.1 Å². The van der Waals surface area contributed by atoms with Crippen LogP contribution in [0.3, 0.4) is 0 Å². The third-order valence-corrected chi connectivity index (χ3v) is 2.72. The van der Waals surface area contributed by atoms with Crippen LogP contribution in [-0.2, 0) is 13.0 Å². The van der Waals surface area contributed by atoms with E-state index in [0.717, 1.165) is 18.8 Å². The molecule has 0 aromatic carbocycles. The molecule has 0 amide bonds. The van der Waals surface area contributed by atoms with Gasteiger partial charge in [0.2, 0.25) is 5.89 Å². The van der Waals surface area contributed by atoms with E-state index in [1.165, 1.54) is 25.7 Å². The molecule has 4 nitrogen and oxygen atoms in total. The topological polar surface area (TPSA) is 51.0 Å². The van der Waals surface area contributed by atoms with Crippen LogP contribution in [-0.4, -0.2) is 16.2 Å². The molecule has 1 aromatic rings. The molecule has 1 aliphatic carbocycles. The Morgan fingerprint density at radius 1 is 1.43 bits per heavy atom. The van der Waals surface area contributed by atoms with E-state index in [1.54, 1.807) is 0 Å². The Bertz CT molecular complexity index is 279. The summed E-state index contributed by atoms with van der Waals surface area (Å²) in [5.74, 6) is 1.52. The number of aromatic nitrogens is 2. The van der Waals surface area contributed by atoms with Crippen LogP contribution >= 0.6 is 0 Å². The Morgan fingerprint density at radius 3 is 2.86 bits per heavy atom. The maximum atomic E-state index is 5.09. The lowest BCUT2D eigenvalue weighted by atomic mass is 10.2. The van der Waals surface area contributed by atoms with Crippen molar-refractivity contribution in [3.63, 3.8) is 0 Å². The van der Waals surface area contributed by atoms with E-state index in [2.05, 4.69) is 15.5 Å². The fourth-order valence-corrected chi connectivity index (χ4v) is 1.87. The van der Waals surface area contributed by atoms with Crippen LogP contribution in [0.5, 0.6) is 0 Å². The quantitative estimate of drug-likeness (QED) is 0.794. The molecule has 0 bridgehead atoms. The molecule has 78 valence electrons. The van der Waals surface area contributed by atoms with Gasteiger partial charge in [-0.05, 0) is 12.8 Å². The van der Waals surface area contributed by atoms with E-state index in [9.17, 15) is 0 Å². The summed E-state index contributed by atoms with van der Waals surface area (Å²) in [5.41, 5.74) is 0. The van der Waals surface area contributed by atoms with E-state index < -0.39 is 0 Å². The van der Waals surface area contributed by atoms with Gasteiger partial charge in [0.1, 0.15) is 0 Å². The number of hydrogen-bond donors (Lipinski definition) is 1. The molecule has 0 radical (unpaired) electrons. The minimum Gasteiger partial charge on any atom is -0.338 e. The van der Waals surface area contributed by atoms with Crippen LogP contribution < -0.4 is 5.32 Å². The fourth-order valence-electron chi connectivity index (χ4n) is 1.87. The first-order chi connectivity index (χ1) is 6.88. The maximum Gasteiger partial charge on any atom is 0.240 e. The summed E-state index contributed by atoms with van der Waals surface area (Å²) in [6.07, 6.45) is 6.11. The molecule has 14 heavy (non-hydrogen) atoms. The number of nitrogens with zero attached hydrogens (tertiary/aromatic N) is 2. The van der Waals surface area contributed by atoms with Gasteiger partial charge >= 0.3 is 0 Å². The average molecular weight is 195 g/mol. The van der Waals surface area contributed by atoms with E-state index in [0.29, 0.717) is 11.9 Å². The summed E-state index contributed by atoms with van der Waals surface area (Å²) in [7, 11) is 0. The molecule has 0 aliphatic heterocycles. The summed E-state index contributed by atoms with van der Waals surface area (Å²) in [5, 5.41) is 7.29. The first kappa shape index (κ1) is 9.65. The third-order valence-electron chi connectivity index (χ3n) is 2.72. The molecule has 1 aromatic heterocycles. The molecule has 0 spiro atoms. The lowest BCUT2D eigenvalue weighted by Gasteiger charge is -2.08. The minimum atomic E-state index is 0.659. The van der Waals surface area contributed by atoms with Crippen molar-refractivity contribution in [2.75, 3.05) is 0 Å². The molecule has 4 heteroatoms. The second-order valence-electron chi connectivity index (χ2n) is 3.82. The normalized spacial score (nSPS) is 17.8. The molecule has 1 N–H and O–H groups in total. The largest absolute Gasteiger partial charge is 0.338 e. The number of aryl methyl sites for hydroxylation is 1. The van der Waals surface area contributed by atoms with Crippen molar-refractivity contribution < 1.29 is 4.52 Å². The summed E-state index contributed by atoms with van der Waals surface area (Å²) < 4.78 is 5.09. The van der Waals surface area contributed by atoms with Crippen molar-refractivity contribution in [2.24, 2.45) is 0 Å². The summed E-state index contributed by atoms with van der Waals surface area (Å²) >= 11 is 0. The van der Waals surface area contributed by atoms with Gasteiger partial charge in [-0.1, -0.05) is 24.9 Å². The monoisotopic (exact) mass is 195 g/mol. The highest BCUT2D eigenvalue weighted by molar-refractivity contribution is 4.86. The standard InChI is InChI=1S/C10H17N3O/c1-2-9-12-10(14-13-9)7-11-8-5-3-4-6-8/h8,11H,2-7H2,1H3. The van der Waals surface area contributed by atoms with Crippen LogP contribution in [0.1, 0.15) is 44.3 Å². The van der Waals surface area contributed by atoms with Crippen molar-refractivity contribution >= 4 is 0 Å².